The fourth-order valence-corrected chi connectivity index (χ4v) is 2.99. The largest absolute Gasteiger partial charge is 0.316 e. The minimum absolute atomic E-state index is 0.178. The summed E-state index contributed by atoms with van der Waals surface area (Å²) in [5.41, 5.74) is 2.08. The Hall–Kier alpha value is -0.970. The zero-order valence-electron chi connectivity index (χ0n) is 10.9. The van der Waals surface area contributed by atoms with Crippen LogP contribution in [0.15, 0.2) is 23.6 Å². The first-order chi connectivity index (χ1) is 9.08. The van der Waals surface area contributed by atoms with E-state index in [9.17, 15) is 4.39 Å². The molecule has 0 saturated carbocycles. The normalized spacial score (nSPS) is 12.6. The van der Waals surface area contributed by atoms with Gasteiger partial charge in [-0.3, -0.25) is 0 Å². The Morgan fingerprint density at radius 1 is 1.42 bits per heavy atom. The van der Waals surface area contributed by atoms with Crippen molar-refractivity contribution < 1.29 is 4.39 Å². The number of aryl methyl sites for hydroxylation is 1. The highest BCUT2D eigenvalue weighted by atomic mass is 35.5. The molecule has 5 heteroatoms. The molecule has 2 rings (SSSR count). The first kappa shape index (κ1) is 14.4. The van der Waals surface area contributed by atoms with E-state index in [1.807, 2.05) is 14.0 Å². The third kappa shape index (κ3) is 4.00. The summed E-state index contributed by atoms with van der Waals surface area (Å²) < 4.78 is 13.1. The van der Waals surface area contributed by atoms with Gasteiger partial charge < -0.3 is 5.32 Å². The Bertz CT molecular complexity index is 556. The number of thiazole rings is 1. The molecule has 0 aliphatic rings. The van der Waals surface area contributed by atoms with Gasteiger partial charge in [0, 0.05) is 23.5 Å². The topological polar surface area (TPSA) is 24.9 Å². The summed E-state index contributed by atoms with van der Waals surface area (Å²) in [5, 5.41) is 6.62. The van der Waals surface area contributed by atoms with Crippen LogP contribution >= 0.6 is 22.9 Å². The van der Waals surface area contributed by atoms with Gasteiger partial charge in [0.2, 0.25) is 0 Å². The molecule has 0 amide bonds. The molecule has 2 nitrogen and oxygen atoms in total. The minimum Gasteiger partial charge on any atom is -0.316 e. The molecule has 1 unspecified atom stereocenters. The summed E-state index contributed by atoms with van der Waals surface area (Å²) >= 11 is 7.47. The monoisotopic (exact) mass is 298 g/mol. The van der Waals surface area contributed by atoms with Crippen molar-refractivity contribution in [2.75, 3.05) is 7.05 Å². The predicted molar refractivity (Wildman–Crippen MR) is 78.5 cm³/mol. The number of benzene rings is 1. The van der Waals surface area contributed by atoms with Crippen LogP contribution in [-0.4, -0.2) is 18.1 Å². The molecule has 0 bridgehead atoms. The van der Waals surface area contributed by atoms with Crippen LogP contribution in [0.2, 0.25) is 5.02 Å². The van der Waals surface area contributed by atoms with E-state index in [0.29, 0.717) is 0 Å². The summed E-state index contributed by atoms with van der Waals surface area (Å²) in [5.74, 6) is -0.373. The Morgan fingerprint density at radius 3 is 2.79 bits per heavy atom. The Labute approximate surface area is 121 Å². The number of nitrogens with one attached hydrogen (secondary N) is 1. The fourth-order valence-electron chi connectivity index (χ4n) is 1.93. The van der Waals surface area contributed by atoms with Gasteiger partial charge in [0.1, 0.15) is 5.82 Å². The highest BCUT2D eigenvalue weighted by Crippen LogP contribution is 2.18. The highest BCUT2D eigenvalue weighted by Gasteiger charge is 2.12. The van der Waals surface area contributed by atoms with Crippen molar-refractivity contribution in [3.8, 4) is 0 Å². The van der Waals surface area contributed by atoms with E-state index in [2.05, 4.69) is 15.7 Å². The number of nitrogens with zero attached hydrogens (tertiary/aromatic N) is 1. The molecule has 1 heterocycles. The van der Waals surface area contributed by atoms with Gasteiger partial charge in [-0.05, 0) is 38.1 Å². The van der Waals surface area contributed by atoms with Crippen LogP contribution in [0.3, 0.4) is 0 Å². The van der Waals surface area contributed by atoms with Crippen molar-refractivity contribution in [3.63, 3.8) is 0 Å². The van der Waals surface area contributed by atoms with Crippen LogP contribution in [0.25, 0.3) is 0 Å². The summed E-state index contributed by atoms with van der Waals surface area (Å²) in [6, 6.07) is 5.15. The van der Waals surface area contributed by atoms with Gasteiger partial charge in [-0.2, -0.15) is 0 Å². The van der Waals surface area contributed by atoms with Gasteiger partial charge >= 0.3 is 0 Å². The lowest BCUT2D eigenvalue weighted by Gasteiger charge is -2.15. The number of rotatable bonds is 5. The highest BCUT2D eigenvalue weighted by molar-refractivity contribution is 7.09. The second kappa shape index (κ2) is 6.46. The molecule has 1 atom stereocenters. The van der Waals surface area contributed by atoms with E-state index in [0.717, 1.165) is 29.1 Å². The number of hydrogen-bond acceptors (Lipinski definition) is 3. The predicted octanol–water partition coefficient (Wildman–Crippen LogP) is 3.62. The first-order valence-electron chi connectivity index (χ1n) is 6.10. The molecule has 1 N–H and O–H groups in total. The van der Waals surface area contributed by atoms with Crippen LogP contribution < -0.4 is 5.32 Å². The van der Waals surface area contributed by atoms with E-state index < -0.39 is 0 Å². The van der Waals surface area contributed by atoms with Crippen LogP contribution in [0.4, 0.5) is 4.39 Å². The quantitative estimate of drug-likeness (QED) is 0.912. The van der Waals surface area contributed by atoms with Gasteiger partial charge in [-0.25, -0.2) is 9.37 Å². The molecule has 19 heavy (non-hydrogen) atoms. The molecular weight excluding hydrogens is 283 g/mol. The van der Waals surface area contributed by atoms with Gasteiger partial charge in [0.25, 0.3) is 0 Å². The zero-order chi connectivity index (χ0) is 13.8. The molecule has 1 aromatic carbocycles. The van der Waals surface area contributed by atoms with Gasteiger partial charge in [0.05, 0.1) is 10.0 Å². The molecule has 0 radical (unpaired) electrons. The second-order valence-corrected chi connectivity index (χ2v) is 5.87. The summed E-state index contributed by atoms with van der Waals surface area (Å²) in [6.45, 7) is 1.99. The maximum Gasteiger partial charge on any atom is 0.141 e. The Morgan fingerprint density at radius 2 is 2.21 bits per heavy atom. The van der Waals surface area contributed by atoms with E-state index in [1.165, 1.54) is 6.07 Å². The van der Waals surface area contributed by atoms with Gasteiger partial charge in [0.15, 0.2) is 0 Å². The van der Waals surface area contributed by atoms with E-state index in [4.69, 9.17) is 11.6 Å². The molecule has 0 saturated heterocycles. The molecule has 0 spiro atoms. The van der Waals surface area contributed by atoms with Crippen LogP contribution in [-0.2, 0) is 12.8 Å². The van der Waals surface area contributed by atoms with Crippen molar-refractivity contribution in [1.82, 2.24) is 10.3 Å². The SMILES string of the molecule is CNC(Cc1ccc(F)c(Cl)c1)Cc1nc(C)cs1. The molecular formula is C14H16ClFN2S. The molecule has 0 aliphatic carbocycles. The zero-order valence-corrected chi connectivity index (χ0v) is 12.5. The molecule has 2 aromatic rings. The summed E-state index contributed by atoms with van der Waals surface area (Å²) in [6.07, 6.45) is 1.67. The smallest absolute Gasteiger partial charge is 0.141 e. The lowest BCUT2D eigenvalue weighted by molar-refractivity contribution is 0.553. The fraction of sp³-hybridized carbons (Fsp3) is 0.357. The maximum absolute atomic E-state index is 13.1. The number of halogens is 2. The van der Waals surface area contributed by atoms with E-state index in [-0.39, 0.29) is 16.9 Å². The third-order valence-corrected chi connectivity index (χ3v) is 4.24. The second-order valence-electron chi connectivity index (χ2n) is 4.52. The van der Waals surface area contributed by atoms with Crippen molar-refractivity contribution >= 4 is 22.9 Å². The summed E-state index contributed by atoms with van der Waals surface area (Å²) in [4.78, 5) is 4.46. The van der Waals surface area contributed by atoms with Crippen molar-refractivity contribution in [2.24, 2.45) is 0 Å². The Balaban J connectivity index is 2.04. The maximum atomic E-state index is 13.1. The molecule has 102 valence electrons. The molecule has 0 aliphatic heterocycles. The van der Waals surface area contributed by atoms with Crippen molar-refractivity contribution in [3.05, 3.63) is 50.7 Å². The number of likely N-dealkylation sites (N-methyl/N-ethyl adjacent to an activating group) is 1. The average Bonchev–Trinajstić information content (AvgIpc) is 2.78. The lowest BCUT2D eigenvalue weighted by Crippen LogP contribution is -2.29. The lowest BCUT2D eigenvalue weighted by atomic mass is 10.0. The van der Waals surface area contributed by atoms with Crippen LogP contribution in [0, 0.1) is 12.7 Å². The van der Waals surface area contributed by atoms with E-state index >= 15 is 0 Å². The summed E-state index contributed by atoms with van der Waals surface area (Å²) in [7, 11) is 1.93. The molecule has 0 fully saturated rings. The van der Waals surface area contributed by atoms with E-state index in [1.54, 1.807) is 23.5 Å². The van der Waals surface area contributed by atoms with Gasteiger partial charge in [-0.15, -0.1) is 11.3 Å². The first-order valence-corrected chi connectivity index (χ1v) is 7.36. The van der Waals surface area contributed by atoms with Crippen LogP contribution in [0.1, 0.15) is 16.3 Å². The number of hydrogen-bond donors (Lipinski definition) is 1. The molecule has 1 aromatic heterocycles. The van der Waals surface area contributed by atoms with Crippen LogP contribution in [0.5, 0.6) is 0 Å². The van der Waals surface area contributed by atoms with Gasteiger partial charge in [-0.1, -0.05) is 17.7 Å². The number of aromatic nitrogens is 1. The van der Waals surface area contributed by atoms with Crippen molar-refractivity contribution in [2.45, 2.75) is 25.8 Å². The standard InChI is InChI=1S/C14H16ClFN2S/c1-9-8-19-14(18-9)7-11(17-2)5-10-3-4-13(16)12(15)6-10/h3-4,6,8,11,17H,5,7H2,1-2H3. The Kier molecular flexibility index (Phi) is 4.91. The van der Waals surface area contributed by atoms with Crippen molar-refractivity contribution in [1.29, 1.82) is 0 Å². The third-order valence-electron chi connectivity index (χ3n) is 2.96. The average molecular weight is 299 g/mol. The minimum atomic E-state index is -0.373.